The van der Waals surface area contributed by atoms with E-state index >= 15 is 0 Å². The molecule has 0 unspecified atom stereocenters. The van der Waals surface area contributed by atoms with E-state index < -0.39 is 0 Å². The quantitative estimate of drug-likeness (QED) is 0.404. The molecule has 1 saturated heterocycles. The second-order valence-corrected chi connectivity index (χ2v) is 9.65. The largest absolute Gasteiger partial charge is 0.439 e. The third-order valence-corrected chi connectivity index (χ3v) is 6.50. The Morgan fingerprint density at radius 2 is 1.64 bits per heavy atom. The molecule has 1 aliphatic rings. The van der Waals surface area contributed by atoms with Crippen LogP contribution in [0.3, 0.4) is 0 Å². The summed E-state index contributed by atoms with van der Waals surface area (Å²) in [5.74, 6) is -0.0959. The molecule has 0 N–H and O–H groups in total. The summed E-state index contributed by atoms with van der Waals surface area (Å²) >= 11 is 0. The van der Waals surface area contributed by atoms with Crippen LogP contribution in [0.2, 0.25) is 0 Å². The van der Waals surface area contributed by atoms with Crippen LogP contribution in [0, 0.1) is 26.6 Å². The number of benzene rings is 3. The Hall–Kier alpha value is -3.14. The lowest BCUT2D eigenvalue weighted by atomic mass is 9.93. The van der Waals surface area contributed by atoms with Crippen LogP contribution in [-0.2, 0) is 11.3 Å². The number of carbonyl (C=O) groups excluding carboxylic acids is 1. The van der Waals surface area contributed by atoms with Crippen molar-refractivity contribution in [3.8, 4) is 11.1 Å². The van der Waals surface area contributed by atoms with Crippen LogP contribution in [0.15, 0.2) is 54.6 Å². The van der Waals surface area contributed by atoms with Crippen LogP contribution < -0.4 is 0 Å². The van der Waals surface area contributed by atoms with E-state index in [1.807, 2.05) is 39.8 Å². The van der Waals surface area contributed by atoms with Gasteiger partial charge in [-0.05, 0) is 73.6 Å². The Morgan fingerprint density at radius 1 is 0.939 bits per heavy atom. The van der Waals surface area contributed by atoms with Gasteiger partial charge < -0.3 is 4.74 Å². The third kappa shape index (κ3) is 4.66. The minimum absolute atomic E-state index is 0.0889. The van der Waals surface area contributed by atoms with Crippen molar-refractivity contribution in [1.82, 2.24) is 4.90 Å². The Labute approximate surface area is 196 Å². The SMILES string of the molecule is Cc1cc(C)cc([C@H]2OC(=O)N(Cc3cc(C)ccc3-c3ccc(F)c(C(C)C)c3)[C@H]2C)c1. The molecule has 0 aromatic heterocycles. The predicted molar refractivity (Wildman–Crippen MR) is 131 cm³/mol. The van der Waals surface area contributed by atoms with Crippen LogP contribution in [-0.4, -0.2) is 17.0 Å². The molecule has 0 saturated carbocycles. The van der Waals surface area contributed by atoms with Crippen molar-refractivity contribution in [3.05, 3.63) is 93.8 Å². The molecule has 1 amide bonds. The number of aryl methyl sites for hydroxylation is 3. The third-order valence-electron chi connectivity index (χ3n) is 6.50. The molecule has 1 aliphatic heterocycles. The highest BCUT2D eigenvalue weighted by molar-refractivity contribution is 5.73. The first-order valence-corrected chi connectivity index (χ1v) is 11.6. The van der Waals surface area contributed by atoms with Gasteiger partial charge in [0.25, 0.3) is 0 Å². The number of halogens is 1. The second kappa shape index (κ2) is 9.01. The molecule has 3 nitrogen and oxygen atoms in total. The van der Waals surface area contributed by atoms with Gasteiger partial charge in [-0.25, -0.2) is 9.18 Å². The van der Waals surface area contributed by atoms with Gasteiger partial charge in [0.05, 0.1) is 12.6 Å². The Morgan fingerprint density at radius 3 is 2.30 bits per heavy atom. The fraction of sp³-hybridized carbons (Fsp3) is 0.345. The summed E-state index contributed by atoms with van der Waals surface area (Å²) in [7, 11) is 0. The van der Waals surface area contributed by atoms with Crippen molar-refractivity contribution in [2.75, 3.05) is 0 Å². The molecule has 4 rings (SSSR count). The summed E-state index contributed by atoms with van der Waals surface area (Å²) in [4.78, 5) is 14.7. The number of nitrogens with zero attached hydrogens (tertiary/aromatic N) is 1. The monoisotopic (exact) mass is 445 g/mol. The average Bonchev–Trinajstić information content (AvgIpc) is 3.02. The molecule has 0 radical (unpaired) electrons. The van der Waals surface area contributed by atoms with Crippen molar-refractivity contribution in [2.45, 2.75) is 66.2 Å². The topological polar surface area (TPSA) is 29.5 Å². The predicted octanol–water partition coefficient (Wildman–Crippen LogP) is 7.62. The molecule has 0 bridgehead atoms. The van der Waals surface area contributed by atoms with E-state index in [2.05, 4.69) is 50.2 Å². The Bertz CT molecular complexity index is 1180. The van der Waals surface area contributed by atoms with Crippen molar-refractivity contribution in [1.29, 1.82) is 0 Å². The smallest absolute Gasteiger partial charge is 0.411 e. The average molecular weight is 446 g/mol. The van der Waals surface area contributed by atoms with E-state index in [1.54, 1.807) is 4.90 Å². The van der Waals surface area contributed by atoms with Crippen molar-refractivity contribution >= 4 is 6.09 Å². The maximum Gasteiger partial charge on any atom is 0.411 e. The number of amides is 1. The van der Waals surface area contributed by atoms with Crippen LogP contribution >= 0.6 is 0 Å². The first-order valence-electron chi connectivity index (χ1n) is 11.6. The fourth-order valence-electron chi connectivity index (χ4n) is 4.81. The molecule has 33 heavy (non-hydrogen) atoms. The van der Waals surface area contributed by atoms with E-state index in [-0.39, 0.29) is 30.0 Å². The summed E-state index contributed by atoms with van der Waals surface area (Å²) < 4.78 is 20.2. The van der Waals surface area contributed by atoms with Gasteiger partial charge in [0.2, 0.25) is 0 Å². The lowest BCUT2D eigenvalue weighted by Gasteiger charge is -2.23. The van der Waals surface area contributed by atoms with Crippen molar-refractivity contribution in [2.24, 2.45) is 0 Å². The highest BCUT2D eigenvalue weighted by atomic mass is 19.1. The van der Waals surface area contributed by atoms with Crippen molar-refractivity contribution < 1.29 is 13.9 Å². The maximum atomic E-state index is 14.3. The summed E-state index contributed by atoms with van der Waals surface area (Å²) in [5, 5.41) is 0. The first-order chi connectivity index (χ1) is 15.6. The van der Waals surface area contributed by atoms with E-state index in [9.17, 15) is 9.18 Å². The van der Waals surface area contributed by atoms with Gasteiger partial charge in [-0.2, -0.15) is 0 Å². The summed E-state index contributed by atoms with van der Waals surface area (Å²) in [6, 6.07) is 17.7. The molecule has 1 heterocycles. The Balaban J connectivity index is 1.68. The molecular formula is C29H32FNO2. The lowest BCUT2D eigenvalue weighted by Crippen LogP contribution is -2.31. The number of rotatable bonds is 5. The minimum Gasteiger partial charge on any atom is -0.439 e. The van der Waals surface area contributed by atoms with E-state index in [0.29, 0.717) is 12.1 Å². The molecule has 2 atom stereocenters. The molecule has 4 heteroatoms. The summed E-state index contributed by atoms with van der Waals surface area (Å²) in [5.41, 5.74) is 8.16. The maximum absolute atomic E-state index is 14.3. The number of cyclic esters (lactones) is 1. The van der Waals surface area contributed by atoms with E-state index in [1.165, 1.54) is 6.07 Å². The molecule has 1 fully saturated rings. The summed E-state index contributed by atoms with van der Waals surface area (Å²) in [6.07, 6.45) is -0.608. The standard InChI is InChI=1S/C29H32FNO2/c1-17(2)26-15-22(8-10-27(26)30)25-9-7-18(3)12-24(25)16-31-21(6)28(33-29(31)32)23-13-19(4)11-20(5)14-23/h7-15,17,21,28H,16H2,1-6H3/t21-,28-/m0/s1. The van der Waals surface area contributed by atoms with Crippen LogP contribution in [0.5, 0.6) is 0 Å². The molecule has 0 aliphatic carbocycles. The van der Waals surface area contributed by atoms with Crippen molar-refractivity contribution in [3.63, 3.8) is 0 Å². The Kier molecular flexibility index (Phi) is 6.29. The fourth-order valence-corrected chi connectivity index (χ4v) is 4.81. The van der Waals surface area contributed by atoms with Crippen LogP contribution in [0.1, 0.15) is 66.2 Å². The van der Waals surface area contributed by atoms with Gasteiger partial charge in [-0.15, -0.1) is 0 Å². The normalized spacial score (nSPS) is 18.2. The second-order valence-electron chi connectivity index (χ2n) is 9.65. The highest BCUT2D eigenvalue weighted by Crippen LogP contribution is 2.36. The first kappa shape index (κ1) is 23.0. The molecule has 3 aromatic rings. The zero-order valence-electron chi connectivity index (χ0n) is 20.3. The lowest BCUT2D eigenvalue weighted by molar-refractivity contribution is 0.130. The number of hydrogen-bond donors (Lipinski definition) is 0. The van der Waals surface area contributed by atoms with Gasteiger partial charge in [0.1, 0.15) is 11.9 Å². The zero-order chi connectivity index (χ0) is 23.9. The summed E-state index contributed by atoms with van der Waals surface area (Å²) in [6.45, 7) is 12.6. The zero-order valence-corrected chi connectivity index (χ0v) is 20.3. The van der Waals surface area contributed by atoms with Gasteiger partial charge in [0.15, 0.2) is 0 Å². The van der Waals surface area contributed by atoms with E-state index in [0.717, 1.165) is 38.9 Å². The highest BCUT2D eigenvalue weighted by Gasteiger charge is 2.40. The molecule has 0 spiro atoms. The van der Waals surface area contributed by atoms with Gasteiger partial charge in [0, 0.05) is 0 Å². The number of carbonyl (C=O) groups is 1. The number of hydrogen-bond acceptors (Lipinski definition) is 2. The van der Waals surface area contributed by atoms with Gasteiger partial charge in [-0.1, -0.05) is 73.0 Å². The number of ether oxygens (including phenoxy) is 1. The van der Waals surface area contributed by atoms with Gasteiger partial charge >= 0.3 is 6.09 Å². The molecule has 3 aromatic carbocycles. The van der Waals surface area contributed by atoms with Crippen LogP contribution in [0.4, 0.5) is 9.18 Å². The van der Waals surface area contributed by atoms with E-state index in [4.69, 9.17) is 4.74 Å². The van der Waals surface area contributed by atoms with Crippen LogP contribution in [0.25, 0.3) is 11.1 Å². The molecule has 172 valence electrons. The molecular weight excluding hydrogens is 413 g/mol. The minimum atomic E-state index is -0.305. The van der Waals surface area contributed by atoms with Gasteiger partial charge in [-0.3, -0.25) is 4.90 Å².